The topological polar surface area (TPSA) is 12.4 Å². The molecule has 44 valence electrons. The van der Waals surface area contributed by atoms with Crippen LogP contribution >= 0.6 is 0 Å². The zero-order valence-corrected chi connectivity index (χ0v) is 5.22. The van der Waals surface area contributed by atoms with E-state index in [1.54, 1.807) is 0 Å². The van der Waals surface area contributed by atoms with Gasteiger partial charge in [-0.25, -0.2) is 0 Å². The maximum Gasteiger partial charge on any atom is 0.0273 e. The first-order valence-corrected chi connectivity index (χ1v) is 3.30. The van der Waals surface area contributed by atoms with Crippen LogP contribution in [0.3, 0.4) is 0 Å². The van der Waals surface area contributed by atoms with E-state index in [0.29, 0.717) is 0 Å². The molecular formula is C7H11N. The standard InChI is InChI=1S/C7H11N/c1-8-5-6-4-7(6)2-3-7/h5-6H,2-4H2,1H3. The summed E-state index contributed by atoms with van der Waals surface area (Å²) in [5.41, 5.74) is 0.819. The van der Waals surface area contributed by atoms with Crippen molar-refractivity contribution in [3.8, 4) is 0 Å². The molecule has 2 aliphatic carbocycles. The third kappa shape index (κ3) is 0.445. The molecule has 2 rings (SSSR count). The first kappa shape index (κ1) is 4.54. The monoisotopic (exact) mass is 109 g/mol. The van der Waals surface area contributed by atoms with E-state index in [1.807, 2.05) is 7.05 Å². The number of hydrogen-bond donors (Lipinski definition) is 0. The minimum atomic E-state index is 0.819. The summed E-state index contributed by atoms with van der Waals surface area (Å²) in [5, 5.41) is 0. The molecule has 0 aromatic carbocycles. The van der Waals surface area contributed by atoms with E-state index in [2.05, 4.69) is 11.2 Å². The van der Waals surface area contributed by atoms with Gasteiger partial charge in [-0.3, -0.25) is 0 Å². The highest BCUT2D eigenvalue weighted by molar-refractivity contribution is 5.67. The zero-order valence-electron chi connectivity index (χ0n) is 5.22. The molecule has 1 nitrogen and oxygen atoms in total. The largest absolute Gasteiger partial charge is 0.301 e. The van der Waals surface area contributed by atoms with E-state index < -0.39 is 0 Å². The molecule has 0 aliphatic heterocycles. The van der Waals surface area contributed by atoms with Gasteiger partial charge < -0.3 is 4.99 Å². The minimum absolute atomic E-state index is 0.819. The first-order chi connectivity index (χ1) is 3.87. The Morgan fingerprint density at radius 3 is 2.75 bits per heavy atom. The summed E-state index contributed by atoms with van der Waals surface area (Å²) in [6.45, 7) is 0. The van der Waals surface area contributed by atoms with Gasteiger partial charge in [0.05, 0.1) is 0 Å². The van der Waals surface area contributed by atoms with Crippen LogP contribution in [-0.2, 0) is 0 Å². The van der Waals surface area contributed by atoms with Crippen LogP contribution in [-0.4, -0.2) is 13.3 Å². The number of aliphatic imine (C=N–C) groups is 1. The van der Waals surface area contributed by atoms with E-state index in [1.165, 1.54) is 19.3 Å². The molecule has 1 heteroatoms. The Balaban J connectivity index is 1.97. The lowest BCUT2D eigenvalue weighted by Crippen LogP contribution is -1.79. The second-order valence-electron chi connectivity index (χ2n) is 3.08. The van der Waals surface area contributed by atoms with E-state index in [4.69, 9.17) is 0 Å². The van der Waals surface area contributed by atoms with Gasteiger partial charge in [0, 0.05) is 13.3 Å². The van der Waals surface area contributed by atoms with Crippen molar-refractivity contribution < 1.29 is 0 Å². The van der Waals surface area contributed by atoms with Crippen molar-refractivity contribution in [2.24, 2.45) is 16.3 Å². The predicted octanol–water partition coefficient (Wildman–Crippen LogP) is 1.49. The SMILES string of the molecule is CN=CC1CC12CC2. The fourth-order valence-electron chi connectivity index (χ4n) is 1.51. The number of rotatable bonds is 1. The normalized spacial score (nSPS) is 38.9. The third-order valence-corrected chi connectivity index (χ3v) is 2.47. The van der Waals surface area contributed by atoms with E-state index >= 15 is 0 Å². The lowest BCUT2D eigenvalue weighted by molar-refractivity contribution is 0.853. The molecule has 1 spiro atoms. The van der Waals surface area contributed by atoms with Crippen molar-refractivity contribution in [2.75, 3.05) is 7.05 Å². The molecule has 8 heavy (non-hydrogen) atoms. The summed E-state index contributed by atoms with van der Waals surface area (Å²) in [6.07, 6.45) is 6.50. The molecule has 2 aliphatic rings. The first-order valence-electron chi connectivity index (χ1n) is 3.30. The molecule has 0 heterocycles. The molecule has 1 atom stereocenters. The van der Waals surface area contributed by atoms with Crippen molar-refractivity contribution >= 4 is 6.21 Å². The van der Waals surface area contributed by atoms with Crippen LogP contribution in [0.25, 0.3) is 0 Å². The molecule has 0 radical (unpaired) electrons. The van der Waals surface area contributed by atoms with Crippen LogP contribution < -0.4 is 0 Å². The van der Waals surface area contributed by atoms with Gasteiger partial charge in [0.2, 0.25) is 0 Å². The lowest BCUT2D eigenvalue weighted by Gasteiger charge is -1.78. The van der Waals surface area contributed by atoms with Crippen molar-refractivity contribution in [3.05, 3.63) is 0 Å². The van der Waals surface area contributed by atoms with Crippen molar-refractivity contribution in [3.63, 3.8) is 0 Å². The Kier molecular flexibility index (Phi) is 0.651. The summed E-state index contributed by atoms with van der Waals surface area (Å²) < 4.78 is 0. The van der Waals surface area contributed by atoms with Crippen LogP contribution in [0.5, 0.6) is 0 Å². The average Bonchev–Trinajstić information content (AvgIpc) is 2.57. The molecule has 1 unspecified atom stereocenters. The van der Waals surface area contributed by atoms with Gasteiger partial charge in [-0.2, -0.15) is 0 Å². The zero-order chi connectivity index (χ0) is 5.61. The van der Waals surface area contributed by atoms with Gasteiger partial charge in [-0.15, -0.1) is 0 Å². The molecule has 0 aromatic rings. The van der Waals surface area contributed by atoms with E-state index in [0.717, 1.165) is 11.3 Å². The van der Waals surface area contributed by atoms with Crippen LogP contribution in [0.2, 0.25) is 0 Å². The lowest BCUT2D eigenvalue weighted by atomic mass is 10.3. The summed E-state index contributed by atoms with van der Waals surface area (Å²) in [4.78, 5) is 4.01. The third-order valence-electron chi connectivity index (χ3n) is 2.47. The molecule has 0 amide bonds. The summed E-state index contributed by atoms with van der Waals surface area (Å²) in [6, 6.07) is 0. The van der Waals surface area contributed by atoms with Gasteiger partial charge in [0.1, 0.15) is 0 Å². The Morgan fingerprint density at radius 2 is 2.38 bits per heavy atom. The Bertz CT molecular complexity index is 133. The van der Waals surface area contributed by atoms with Crippen LogP contribution in [0, 0.1) is 11.3 Å². The quantitative estimate of drug-likeness (QED) is 0.452. The Labute approximate surface area is 49.8 Å². The van der Waals surface area contributed by atoms with Crippen LogP contribution in [0.15, 0.2) is 4.99 Å². The van der Waals surface area contributed by atoms with Gasteiger partial charge >= 0.3 is 0 Å². The molecule has 2 fully saturated rings. The van der Waals surface area contributed by atoms with Crippen LogP contribution in [0.4, 0.5) is 0 Å². The van der Waals surface area contributed by atoms with Gasteiger partial charge in [-0.05, 0) is 30.6 Å². The Morgan fingerprint density at radius 1 is 1.62 bits per heavy atom. The van der Waals surface area contributed by atoms with Crippen LogP contribution in [0.1, 0.15) is 19.3 Å². The van der Waals surface area contributed by atoms with E-state index in [9.17, 15) is 0 Å². The fraction of sp³-hybridized carbons (Fsp3) is 0.857. The van der Waals surface area contributed by atoms with Gasteiger partial charge in [0.15, 0.2) is 0 Å². The van der Waals surface area contributed by atoms with Crippen molar-refractivity contribution in [1.82, 2.24) is 0 Å². The molecule has 0 N–H and O–H groups in total. The highest BCUT2D eigenvalue weighted by atomic mass is 14.7. The summed E-state index contributed by atoms with van der Waals surface area (Å²) in [5.74, 6) is 0.882. The minimum Gasteiger partial charge on any atom is -0.301 e. The smallest absolute Gasteiger partial charge is 0.0273 e. The average molecular weight is 109 g/mol. The Hall–Kier alpha value is -0.330. The number of nitrogens with zero attached hydrogens (tertiary/aromatic N) is 1. The highest BCUT2D eigenvalue weighted by Crippen LogP contribution is 2.69. The summed E-state index contributed by atoms with van der Waals surface area (Å²) >= 11 is 0. The van der Waals surface area contributed by atoms with Gasteiger partial charge in [-0.1, -0.05) is 0 Å². The molecule has 0 bridgehead atoms. The summed E-state index contributed by atoms with van der Waals surface area (Å²) in [7, 11) is 1.87. The van der Waals surface area contributed by atoms with Gasteiger partial charge in [0.25, 0.3) is 0 Å². The second kappa shape index (κ2) is 1.15. The van der Waals surface area contributed by atoms with E-state index in [-0.39, 0.29) is 0 Å². The molecular weight excluding hydrogens is 98.1 g/mol. The molecule has 0 saturated heterocycles. The number of hydrogen-bond acceptors (Lipinski definition) is 1. The van der Waals surface area contributed by atoms with Crippen molar-refractivity contribution in [2.45, 2.75) is 19.3 Å². The molecule has 0 aromatic heterocycles. The maximum absolute atomic E-state index is 4.01. The predicted molar refractivity (Wildman–Crippen MR) is 34.2 cm³/mol. The second-order valence-corrected chi connectivity index (χ2v) is 3.08. The van der Waals surface area contributed by atoms with Crippen molar-refractivity contribution in [1.29, 1.82) is 0 Å². The molecule has 2 saturated carbocycles. The fourth-order valence-corrected chi connectivity index (χ4v) is 1.51. The highest BCUT2D eigenvalue weighted by Gasteiger charge is 2.61. The maximum atomic E-state index is 4.01.